The molecule has 9 nitrogen and oxygen atoms in total. The summed E-state index contributed by atoms with van der Waals surface area (Å²) in [5.74, 6) is 2.39. The second kappa shape index (κ2) is 16.6. The Kier molecular flexibility index (Phi) is 12.2. The van der Waals surface area contributed by atoms with Crippen LogP contribution in [-0.4, -0.2) is 85.2 Å². The molecule has 8 fully saturated rings. The number of esters is 2. The average molecular weight is 918 g/mol. The Bertz CT molecular complexity index is 2060. The highest BCUT2D eigenvalue weighted by Gasteiger charge is 2.72. The van der Waals surface area contributed by atoms with Gasteiger partial charge < -0.3 is 14.8 Å². The normalized spacial score (nSPS) is 42.3. The van der Waals surface area contributed by atoms with E-state index in [0.717, 1.165) is 44.0 Å². The van der Waals surface area contributed by atoms with Crippen molar-refractivity contribution in [3.05, 3.63) is 35.9 Å². The number of ether oxygens (including phenoxy) is 2. The van der Waals surface area contributed by atoms with Gasteiger partial charge in [0.25, 0.3) is 0 Å². The summed E-state index contributed by atoms with van der Waals surface area (Å²) in [5.41, 5.74) is 1.72. The van der Waals surface area contributed by atoms with Crippen molar-refractivity contribution in [3.63, 3.8) is 0 Å². The van der Waals surface area contributed by atoms with Gasteiger partial charge >= 0.3 is 11.9 Å². The largest absolute Gasteiger partial charge is 0.462 e. The van der Waals surface area contributed by atoms with Crippen LogP contribution >= 0.6 is 0 Å². The Hall–Kier alpha value is -2.01. The van der Waals surface area contributed by atoms with Crippen molar-refractivity contribution < 1.29 is 27.5 Å². The third-order valence-corrected chi connectivity index (χ3v) is 24.5. The highest BCUT2D eigenvalue weighted by Crippen LogP contribution is 2.78. The number of sulfonamides is 1. The van der Waals surface area contributed by atoms with Gasteiger partial charge in [0.1, 0.15) is 12.7 Å². The van der Waals surface area contributed by atoms with E-state index in [4.69, 9.17) is 9.47 Å². The lowest BCUT2D eigenvalue weighted by Crippen LogP contribution is -2.69. The van der Waals surface area contributed by atoms with Gasteiger partial charge in [-0.2, -0.15) is 4.31 Å². The van der Waals surface area contributed by atoms with E-state index in [-0.39, 0.29) is 68.9 Å². The van der Waals surface area contributed by atoms with E-state index in [2.05, 4.69) is 58.7 Å². The van der Waals surface area contributed by atoms with Crippen molar-refractivity contribution >= 4 is 22.0 Å². The summed E-state index contributed by atoms with van der Waals surface area (Å²) in [6.07, 6.45) is 15.4. The first-order chi connectivity index (χ1) is 30.4. The zero-order valence-corrected chi connectivity index (χ0v) is 43.2. The summed E-state index contributed by atoms with van der Waals surface area (Å²) in [5, 5.41) is 4.04. The molecule has 1 N–H and O–H groups in total. The molecule has 0 amide bonds. The minimum atomic E-state index is -3.22. The Balaban J connectivity index is 0.867. The molecule has 1 aromatic rings. The molecule has 1 aliphatic heterocycles. The van der Waals surface area contributed by atoms with Crippen LogP contribution in [0.2, 0.25) is 0 Å². The van der Waals surface area contributed by atoms with Gasteiger partial charge in [-0.15, -0.1) is 0 Å². The van der Waals surface area contributed by atoms with Crippen molar-refractivity contribution in [1.82, 2.24) is 14.5 Å². The maximum absolute atomic E-state index is 14.1. The Morgan fingerprint density at radius 2 is 1.38 bits per heavy atom. The molecule has 1 aromatic carbocycles. The summed E-state index contributed by atoms with van der Waals surface area (Å²) in [6, 6.07) is 10.2. The molecule has 1 saturated heterocycles. The summed E-state index contributed by atoms with van der Waals surface area (Å²) in [6.45, 7) is 29.7. The van der Waals surface area contributed by atoms with E-state index in [1.165, 1.54) is 64.2 Å². The highest BCUT2D eigenvalue weighted by atomic mass is 32.2. The van der Waals surface area contributed by atoms with Gasteiger partial charge in [-0.3, -0.25) is 14.5 Å². The zero-order chi connectivity index (χ0) is 46.8. The van der Waals surface area contributed by atoms with E-state index in [1.54, 1.807) is 18.2 Å². The number of nitrogens with zero attached hydrogens (tertiary/aromatic N) is 2. The summed E-state index contributed by atoms with van der Waals surface area (Å²) >= 11 is 0. The molecule has 13 atom stereocenters. The van der Waals surface area contributed by atoms with Gasteiger partial charge in [0.15, 0.2) is 0 Å². The van der Waals surface area contributed by atoms with Crippen LogP contribution in [0.15, 0.2) is 30.3 Å². The molecule has 10 heteroatoms. The molecule has 0 bridgehead atoms. The van der Waals surface area contributed by atoms with Crippen molar-refractivity contribution in [2.75, 3.05) is 32.7 Å². The fourth-order valence-corrected chi connectivity index (χ4v) is 18.7. The Labute approximate surface area is 394 Å². The maximum Gasteiger partial charge on any atom is 0.309 e. The standard InChI is InChI=1S/C55H87N3O6S/c1-36(2)65(61,62)58-31-29-57(30-32-58)37(3)34-56-55-24-19-39(51(8)25-26-51)46(55)40-17-18-44-52(9)22-21-45(50(6,7)43(52)20-23-54(44,11)53(40,10)27-28-55)64-48(60)42-33-41(49(42,4)5)47(59)63-35-38-15-13-12-14-16-38/h12-16,36-37,39-46,56H,17-35H2,1-11H3/t37-,39+,40+,41-,42+,43-,44+,45-,46+,52-,53+,54+,55-/m0/s1. The lowest BCUT2D eigenvalue weighted by Gasteiger charge is -2.73. The molecule has 0 aromatic heterocycles. The monoisotopic (exact) mass is 918 g/mol. The SMILES string of the molecule is CC(C)S(=O)(=O)N1CCN([C@@H](C)CN[C@]23CC[C@@H](C4(C)CC4)[C@@H]2[C@H]2CC[C@@H]4[C@@]5(C)CC[C@H](OC(=O)[C@H]6C[C@@H](C(=O)OCc7ccccc7)C6(C)C)C(C)(C)[C@@H]5CC[C@@]4(C)[C@]2(C)CC3)CC1. The van der Waals surface area contributed by atoms with Crippen LogP contribution in [0.3, 0.4) is 0 Å². The number of hydrogen-bond donors (Lipinski definition) is 1. The number of carbonyl (C=O) groups excluding carboxylic acids is 2. The molecule has 0 radical (unpaired) electrons. The van der Waals surface area contributed by atoms with Crippen LogP contribution in [0.25, 0.3) is 0 Å². The van der Waals surface area contributed by atoms with E-state index >= 15 is 0 Å². The van der Waals surface area contributed by atoms with Gasteiger partial charge in [0.05, 0.1) is 17.1 Å². The van der Waals surface area contributed by atoms with Gasteiger partial charge in [0, 0.05) is 49.7 Å². The molecule has 8 aliphatic rings. The number of fused-ring (bicyclic) bond motifs is 7. The molecule has 0 spiro atoms. The fraction of sp³-hybridized carbons (Fsp3) is 0.855. The Morgan fingerprint density at radius 3 is 2.03 bits per heavy atom. The molecule has 1 heterocycles. The zero-order valence-electron chi connectivity index (χ0n) is 42.3. The van der Waals surface area contributed by atoms with Gasteiger partial charge in [-0.1, -0.05) is 85.7 Å². The van der Waals surface area contributed by atoms with E-state index in [9.17, 15) is 18.0 Å². The predicted molar refractivity (Wildman–Crippen MR) is 258 cm³/mol. The van der Waals surface area contributed by atoms with Crippen LogP contribution in [0, 0.1) is 73.9 Å². The number of piperazine rings is 1. The minimum Gasteiger partial charge on any atom is -0.462 e. The molecule has 65 heavy (non-hydrogen) atoms. The third-order valence-electron chi connectivity index (χ3n) is 22.2. The number of nitrogens with one attached hydrogen (secondary N) is 1. The van der Waals surface area contributed by atoms with E-state index in [1.807, 2.05) is 44.2 Å². The van der Waals surface area contributed by atoms with Crippen LogP contribution in [0.5, 0.6) is 0 Å². The first-order valence-electron chi connectivity index (χ1n) is 26.3. The van der Waals surface area contributed by atoms with E-state index < -0.39 is 15.4 Å². The van der Waals surface area contributed by atoms with Crippen LogP contribution < -0.4 is 5.32 Å². The fourth-order valence-electron chi connectivity index (χ4n) is 17.4. The van der Waals surface area contributed by atoms with Crippen LogP contribution in [0.1, 0.15) is 165 Å². The van der Waals surface area contributed by atoms with Gasteiger partial charge in [0.2, 0.25) is 10.0 Å². The molecule has 0 unspecified atom stereocenters. The first kappa shape index (κ1) is 48.0. The topological polar surface area (TPSA) is 105 Å². The number of hydrogen-bond acceptors (Lipinski definition) is 8. The summed E-state index contributed by atoms with van der Waals surface area (Å²) in [7, 11) is -3.22. The number of benzene rings is 1. The second-order valence-corrected chi connectivity index (χ2v) is 28.4. The molecule has 7 aliphatic carbocycles. The Morgan fingerprint density at radius 1 is 0.708 bits per heavy atom. The molecule has 7 saturated carbocycles. The van der Waals surface area contributed by atoms with Crippen molar-refractivity contribution in [3.8, 4) is 0 Å². The maximum atomic E-state index is 14.1. The minimum absolute atomic E-state index is 0.122. The summed E-state index contributed by atoms with van der Waals surface area (Å²) < 4.78 is 40.0. The molecule has 364 valence electrons. The van der Waals surface area contributed by atoms with Gasteiger partial charge in [-0.05, 0) is 166 Å². The average Bonchev–Trinajstić information content (AvgIpc) is 3.89. The molecule has 9 rings (SSSR count). The number of rotatable bonds is 12. The predicted octanol–water partition coefficient (Wildman–Crippen LogP) is 10.3. The smallest absolute Gasteiger partial charge is 0.309 e. The lowest BCUT2D eigenvalue weighted by atomic mass is 9.32. The molecular formula is C55H87N3O6S. The van der Waals surface area contributed by atoms with Gasteiger partial charge in [-0.25, -0.2) is 8.42 Å². The van der Waals surface area contributed by atoms with Crippen LogP contribution in [0.4, 0.5) is 0 Å². The van der Waals surface area contributed by atoms with Crippen molar-refractivity contribution in [2.45, 2.75) is 189 Å². The van der Waals surface area contributed by atoms with Crippen molar-refractivity contribution in [1.29, 1.82) is 0 Å². The second-order valence-electron chi connectivity index (χ2n) is 25.9. The van der Waals surface area contributed by atoms with Crippen molar-refractivity contribution in [2.24, 2.45) is 73.9 Å². The third kappa shape index (κ3) is 7.63. The lowest BCUT2D eigenvalue weighted by molar-refractivity contribution is -0.250. The molecular weight excluding hydrogens is 831 g/mol. The highest BCUT2D eigenvalue weighted by molar-refractivity contribution is 7.89. The van der Waals surface area contributed by atoms with Crippen LogP contribution in [-0.2, 0) is 35.7 Å². The van der Waals surface area contributed by atoms with E-state index in [0.29, 0.717) is 54.6 Å². The number of carbonyl (C=O) groups is 2. The quantitative estimate of drug-likeness (QED) is 0.207. The first-order valence-corrected chi connectivity index (χ1v) is 27.8. The summed E-state index contributed by atoms with van der Waals surface area (Å²) in [4.78, 5) is 29.9.